The number of hydrogen-bond acceptors (Lipinski definition) is 3. The summed E-state index contributed by atoms with van der Waals surface area (Å²) in [6.45, 7) is 6.21. The molecule has 2 aromatic carbocycles. The van der Waals surface area contributed by atoms with E-state index in [1.807, 2.05) is 6.92 Å². The van der Waals surface area contributed by atoms with Crippen LogP contribution in [0, 0.1) is 17.8 Å². The van der Waals surface area contributed by atoms with Crippen molar-refractivity contribution >= 4 is 17.3 Å². The Kier molecular flexibility index (Phi) is 8.12. The first-order chi connectivity index (χ1) is 18.4. The van der Waals surface area contributed by atoms with E-state index in [2.05, 4.69) is 62.4 Å². The molecule has 0 saturated heterocycles. The Morgan fingerprint density at radius 2 is 1.71 bits per heavy atom. The second kappa shape index (κ2) is 11.5. The molecule has 0 N–H and O–H groups in total. The normalized spacial score (nSPS) is 27.6. The Hall–Kier alpha value is -2.81. The first-order valence-electron chi connectivity index (χ1n) is 14.9. The van der Waals surface area contributed by atoms with Crippen LogP contribution in [0.5, 0.6) is 0 Å². The fourth-order valence-corrected chi connectivity index (χ4v) is 7.49. The van der Waals surface area contributed by atoms with Gasteiger partial charge >= 0.3 is 0 Å². The largest absolute Gasteiger partial charge is 0.299 e. The molecule has 0 radical (unpaired) electrons. The smallest absolute Gasteiger partial charge is 0.161 e. The molecule has 3 unspecified atom stereocenters. The molecule has 0 spiro atoms. The van der Waals surface area contributed by atoms with Crippen LogP contribution in [-0.2, 0) is 20.8 Å². The molecule has 0 aliphatic heterocycles. The van der Waals surface area contributed by atoms with Gasteiger partial charge in [-0.05, 0) is 97.1 Å². The van der Waals surface area contributed by atoms with Gasteiger partial charge in [-0.1, -0.05) is 68.8 Å². The zero-order valence-electron chi connectivity index (χ0n) is 23.3. The van der Waals surface area contributed by atoms with Crippen LogP contribution in [0.25, 0.3) is 11.1 Å². The van der Waals surface area contributed by atoms with Crippen LogP contribution in [0.2, 0.25) is 0 Å². The van der Waals surface area contributed by atoms with Crippen molar-refractivity contribution in [3.8, 4) is 11.1 Å². The molecule has 3 nitrogen and oxygen atoms in total. The minimum Gasteiger partial charge on any atom is -0.299 e. The van der Waals surface area contributed by atoms with Crippen molar-refractivity contribution in [2.24, 2.45) is 17.8 Å². The lowest BCUT2D eigenvalue weighted by Crippen LogP contribution is -2.25. The summed E-state index contributed by atoms with van der Waals surface area (Å²) in [7, 11) is 0. The summed E-state index contributed by atoms with van der Waals surface area (Å²) in [5.74, 6) is 2.10. The van der Waals surface area contributed by atoms with E-state index in [4.69, 9.17) is 0 Å². The highest BCUT2D eigenvalue weighted by atomic mass is 16.1. The van der Waals surface area contributed by atoms with Gasteiger partial charge in [0, 0.05) is 30.6 Å². The minimum atomic E-state index is -0.0427. The van der Waals surface area contributed by atoms with Crippen molar-refractivity contribution in [2.75, 3.05) is 0 Å². The van der Waals surface area contributed by atoms with Gasteiger partial charge in [-0.15, -0.1) is 0 Å². The van der Waals surface area contributed by atoms with E-state index in [0.717, 1.165) is 79.2 Å². The Morgan fingerprint density at radius 3 is 2.45 bits per heavy atom. The molecule has 2 saturated carbocycles. The molecule has 0 heterocycles. The topological polar surface area (TPSA) is 51.2 Å². The SMILES string of the molecule is CCCC=C(C)C(=O)C1CCC(C2CC(=O)C(c3cccc(-c4cccc5c4C(CC)C(=O)C5)c3)C2)CC1. The van der Waals surface area contributed by atoms with Gasteiger partial charge in [0.1, 0.15) is 11.6 Å². The molecule has 2 fully saturated rings. The van der Waals surface area contributed by atoms with E-state index >= 15 is 0 Å². The second-order valence-corrected chi connectivity index (χ2v) is 12.0. The predicted molar refractivity (Wildman–Crippen MR) is 153 cm³/mol. The van der Waals surface area contributed by atoms with E-state index < -0.39 is 0 Å². The van der Waals surface area contributed by atoms with Crippen LogP contribution in [0.15, 0.2) is 54.1 Å². The predicted octanol–water partition coefficient (Wildman–Crippen LogP) is 8.16. The number of hydrogen-bond donors (Lipinski definition) is 0. The number of Topliss-reactive ketones (excluding diaryl/α,β-unsaturated/α-hetero) is 3. The molecule has 3 aliphatic carbocycles. The summed E-state index contributed by atoms with van der Waals surface area (Å²) in [4.78, 5) is 38.7. The number of allylic oxidation sites excluding steroid dienone is 2. The number of rotatable bonds is 8. The summed E-state index contributed by atoms with van der Waals surface area (Å²) in [5.41, 5.74) is 6.67. The van der Waals surface area contributed by atoms with E-state index in [1.54, 1.807) is 0 Å². The number of carbonyl (C=O) groups is 3. The highest BCUT2D eigenvalue weighted by Crippen LogP contribution is 2.46. The molecule has 200 valence electrons. The molecular formula is C35H42O3. The van der Waals surface area contributed by atoms with Crippen molar-refractivity contribution < 1.29 is 14.4 Å². The minimum absolute atomic E-state index is 0.0183. The number of unbranched alkanes of at least 4 members (excludes halogenated alkanes) is 1. The molecule has 38 heavy (non-hydrogen) atoms. The monoisotopic (exact) mass is 510 g/mol. The zero-order chi connectivity index (χ0) is 26.8. The second-order valence-electron chi connectivity index (χ2n) is 12.0. The number of ketones is 3. The maximum Gasteiger partial charge on any atom is 0.161 e. The lowest BCUT2D eigenvalue weighted by molar-refractivity contribution is -0.121. The van der Waals surface area contributed by atoms with E-state index in [0.29, 0.717) is 42.0 Å². The van der Waals surface area contributed by atoms with Crippen LogP contribution in [0.1, 0.15) is 107 Å². The Bertz CT molecular complexity index is 1240. The van der Waals surface area contributed by atoms with Gasteiger partial charge in [0.05, 0.1) is 0 Å². The third-order valence-electron chi connectivity index (χ3n) is 9.63. The van der Waals surface area contributed by atoms with Crippen LogP contribution in [0.3, 0.4) is 0 Å². The van der Waals surface area contributed by atoms with Crippen molar-refractivity contribution in [1.29, 1.82) is 0 Å². The first kappa shape index (κ1) is 26.8. The van der Waals surface area contributed by atoms with Gasteiger partial charge in [0.2, 0.25) is 0 Å². The summed E-state index contributed by atoms with van der Waals surface area (Å²) in [6, 6.07) is 14.8. The van der Waals surface area contributed by atoms with Gasteiger partial charge < -0.3 is 0 Å². The third-order valence-corrected chi connectivity index (χ3v) is 9.63. The van der Waals surface area contributed by atoms with Gasteiger partial charge in [0.15, 0.2) is 5.78 Å². The number of fused-ring (bicyclic) bond motifs is 1. The molecule has 3 aliphatic rings. The highest BCUT2D eigenvalue weighted by molar-refractivity contribution is 5.97. The van der Waals surface area contributed by atoms with E-state index in [-0.39, 0.29) is 17.8 Å². The molecule has 0 amide bonds. The summed E-state index contributed by atoms with van der Waals surface area (Å²) < 4.78 is 0. The van der Waals surface area contributed by atoms with Crippen molar-refractivity contribution in [3.63, 3.8) is 0 Å². The Labute approximate surface area is 228 Å². The molecule has 3 heteroatoms. The van der Waals surface area contributed by atoms with Crippen LogP contribution >= 0.6 is 0 Å². The van der Waals surface area contributed by atoms with Crippen molar-refractivity contribution in [1.82, 2.24) is 0 Å². The van der Waals surface area contributed by atoms with Crippen LogP contribution in [-0.4, -0.2) is 17.3 Å². The maximum atomic E-state index is 13.3. The highest BCUT2D eigenvalue weighted by Gasteiger charge is 2.40. The summed E-state index contributed by atoms with van der Waals surface area (Å²) >= 11 is 0. The van der Waals surface area contributed by atoms with Crippen molar-refractivity contribution in [3.05, 3.63) is 70.8 Å². The number of benzene rings is 2. The summed E-state index contributed by atoms with van der Waals surface area (Å²) in [5, 5.41) is 0. The van der Waals surface area contributed by atoms with Gasteiger partial charge in [-0.25, -0.2) is 0 Å². The third kappa shape index (κ3) is 5.22. The van der Waals surface area contributed by atoms with Crippen LogP contribution < -0.4 is 0 Å². The summed E-state index contributed by atoms with van der Waals surface area (Å²) in [6.07, 6.45) is 11.1. The fraction of sp³-hybridized carbons (Fsp3) is 0.514. The zero-order valence-corrected chi connectivity index (χ0v) is 23.3. The van der Waals surface area contributed by atoms with E-state index in [9.17, 15) is 14.4 Å². The lowest BCUT2D eigenvalue weighted by Gasteiger charge is -2.31. The van der Waals surface area contributed by atoms with Gasteiger partial charge in [-0.3, -0.25) is 14.4 Å². The Morgan fingerprint density at radius 1 is 0.947 bits per heavy atom. The fourth-order valence-electron chi connectivity index (χ4n) is 7.49. The molecule has 2 aromatic rings. The molecule has 3 atom stereocenters. The first-order valence-corrected chi connectivity index (χ1v) is 14.9. The molecule has 5 rings (SSSR count). The molecular weight excluding hydrogens is 468 g/mol. The number of carbonyl (C=O) groups excluding carboxylic acids is 3. The average Bonchev–Trinajstić information content (AvgIpc) is 3.49. The standard InChI is InChI=1S/C35H42O3/c1-4-6-9-22(3)35(38)24-16-14-23(15-17-24)28-19-31(33(37)21-28)26-11-7-10-25(18-26)30-13-8-12-27-20-32(36)29(5-2)34(27)30/h7-13,18,23-24,28-29,31H,4-6,14-17,19-21H2,1-3H3. The molecule has 0 bridgehead atoms. The van der Waals surface area contributed by atoms with Gasteiger partial charge in [0.25, 0.3) is 0 Å². The van der Waals surface area contributed by atoms with Crippen LogP contribution in [0.4, 0.5) is 0 Å². The average molecular weight is 511 g/mol. The quantitative estimate of drug-likeness (QED) is 0.337. The van der Waals surface area contributed by atoms with Gasteiger partial charge in [-0.2, -0.15) is 0 Å². The van der Waals surface area contributed by atoms with Crippen molar-refractivity contribution in [2.45, 2.75) is 96.8 Å². The molecule has 0 aromatic heterocycles. The van der Waals surface area contributed by atoms with E-state index in [1.165, 1.54) is 5.56 Å². The maximum absolute atomic E-state index is 13.3. The Balaban J connectivity index is 1.28. The lowest BCUT2D eigenvalue weighted by atomic mass is 9.73.